The van der Waals surface area contributed by atoms with Crippen molar-refractivity contribution in [2.45, 2.75) is 37.5 Å². The zero-order valence-corrected chi connectivity index (χ0v) is 18.3. The molecule has 31 heavy (non-hydrogen) atoms. The highest BCUT2D eigenvalue weighted by molar-refractivity contribution is 7.71. The van der Waals surface area contributed by atoms with Gasteiger partial charge in [0.1, 0.15) is 5.82 Å². The first-order valence-electron chi connectivity index (χ1n) is 11.1. The van der Waals surface area contributed by atoms with Crippen LogP contribution in [-0.4, -0.2) is 53.6 Å². The minimum Gasteiger partial charge on any atom is -0.350 e. The maximum absolute atomic E-state index is 13.5. The van der Waals surface area contributed by atoms with Crippen LogP contribution in [0.5, 0.6) is 0 Å². The molecule has 2 aliphatic heterocycles. The maximum Gasteiger partial charge on any atom is 0.178 e. The molecule has 2 fully saturated rings. The predicted octanol–water partition coefficient (Wildman–Crippen LogP) is 5.02. The highest BCUT2D eigenvalue weighted by Gasteiger charge is 2.28. The maximum atomic E-state index is 13.5. The summed E-state index contributed by atoms with van der Waals surface area (Å²) in [6.07, 6.45) is 2.74. The summed E-state index contributed by atoms with van der Waals surface area (Å²) in [5.74, 6) is 0.0441. The third-order valence-electron chi connectivity index (χ3n) is 6.53. The van der Waals surface area contributed by atoms with Crippen LogP contribution in [0.1, 0.15) is 36.8 Å². The quantitative estimate of drug-likeness (QED) is 0.546. The summed E-state index contributed by atoms with van der Waals surface area (Å²) in [6, 6.07) is 15.6. The summed E-state index contributed by atoms with van der Waals surface area (Å²) in [4.78, 5) is 5.85. The third kappa shape index (κ3) is 4.60. The lowest BCUT2D eigenvalue weighted by Crippen LogP contribution is -2.38. The molecular formula is C24H28FN3O2S. The molecule has 2 aliphatic rings. The van der Waals surface area contributed by atoms with E-state index in [4.69, 9.17) is 21.7 Å². The van der Waals surface area contributed by atoms with E-state index in [-0.39, 0.29) is 18.0 Å². The average molecular weight is 442 g/mol. The normalized spacial score (nSPS) is 19.9. The van der Waals surface area contributed by atoms with Gasteiger partial charge in [0.05, 0.1) is 24.2 Å². The lowest BCUT2D eigenvalue weighted by Gasteiger charge is -2.35. The SMILES string of the molecule is Fc1ccc([C@@H](CC2OCCO2)CN2CCC(n3c(=S)[nH]c4ccccc43)CC2)cc1. The number of benzene rings is 2. The molecule has 0 saturated carbocycles. The molecule has 164 valence electrons. The van der Waals surface area contributed by atoms with Crippen molar-refractivity contribution < 1.29 is 13.9 Å². The van der Waals surface area contributed by atoms with Gasteiger partial charge in [-0.3, -0.25) is 0 Å². The van der Waals surface area contributed by atoms with Crippen LogP contribution in [0.25, 0.3) is 11.0 Å². The van der Waals surface area contributed by atoms with Crippen molar-refractivity contribution in [3.63, 3.8) is 0 Å². The van der Waals surface area contributed by atoms with Crippen LogP contribution in [0.3, 0.4) is 0 Å². The van der Waals surface area contributed by atoms with Gasteiger partial charge in [0.25, 0.3) is 0 Å². The van der Waals surface area contributed by atoms with Crippen molar-refractivity contribution in [2.24, 2.45) is 0 Å². The Balaban J connectivity index is 1.27. The summed E-state index contributed by atoms with van der Waals surface area (Å²) in [7, 11) is 0. The first-order chi connectivity index (χ1) is 15.2. The van der Waals surface area contributed by atoms with Crippen LogP contribution in [-0.2, 0) is 9.47 Å². The fourth-order valence-corrected chi connectivity index (χ4v) is 5.29. The summed E-state index contributed by atoms with van der Waals surface area (Å²) in [5.41, 5.74) is 3.43. The van der Waals surface area contributed by atoms with Crippen LogP contribution in [0.4, 0.5) is 4.39 Å². The van der Waals surface area contributed by atoms with Gasteiger partial charge in [-0.25, -0.2) is 4.39 Å². The van der Waals surface area contributed by atoms with Gasteiger partial charge in [0.2, 0.25) is 0 Å². The molecule has 5 nitrogen and oxygen atoms in total. The van der Waals surface area contributed by atoms with E-state index >= 15 is 0 Å². The molecule has 1 atom stereocenters. The number of imidazole rings is 1. The number of para-hydroxylation sites is 2. The Hall–Kier alpha value is -2.06. The number of nitrogens with one attached hydrogen (secondary N) is 1. The Morgan fingerprint density at radius 1 is 1.03 bits per heavy atom. The van der Waals surface area contributed by atoms with Gasteiger partial charge in [-0.15, -0.1) is 0 Å². The van der Waals surface area contributed by atoms with Gasteiger partial charge < -0.3 is 23.9 Å². The van der Waals surface area contributed by atoms with Crippen molar-refractivity contribution in [2.75, 3.05) is 32.8 Å². The topological polar surface area (TPSA) is 42.4 Å². The van der Waals surface area contributed by atoms with Gasteiger partial charge >= 0.3 is 0 Å². The monoisotopic (exact) mass is 441 g/mol. The summed E-state index contributed by atoms with van der Waals surface area (Å²) in [5, 5.41) is 0. The van der Waals surface area contributed by atoms with Crippen molar-refractivity contribution in [1.29, 1.82) is 0 Å². The van der Waals surface area contributed by atoms with Crippen molar-refractivity contribution >= 4 is 23.3 Å². The average Bonchev–Trinajstić information content (AvgIpc) is 3.41. The molecule has 0 unspecified atom stereocenters. The number of hydrogen-bond acceptors (Lipinski definition) is 4. The molecule has 2 saturated heterocycles. The molecular weight excluding hydrogens is 413 g/mol. The molecule has 0 radical (unpaired) electrons. The summed E-state index contributed by atoms with van der Waals surface area (Å²) >= 11 is 5.62. The van der Waals surface area contributed by atoms with Crippen LogP contribution in [0.15, 0.2) is 48.5 Å². The zero-order chi connectivity index (χ0) is 21.2. The second-order valence-corrected chi connectivity index (χ2v) is 8.89. The molecule has 0 aliphatic carbocycles. The standard InChI is InChI=1S/C24H28FN3O2S/c25-19-7-5-17(6-8-19)18(15-23-29-13-14-30-23)16-27-11-9-20(10-12-27)28-22-4-2-1-3-21(22)26-24(28)31/h1-8,18,20,23H,9-16H2,(H,26,31)/t18-/m0/s1. The fourth-order valence-electron chi connectivity index (χ4n) is 4.94. The molecule has 3 heterocycles. The highest BCUT2D eigenvalue weighted by Crippen LogP contribution is 2.31. The number of halogens is 1. The molecule has 0 spiro atoms. The number of aromatic amines is 1. The number of H-pyrrole nitrogens is 1. The van der Waals surface area contributed by atoms with Crippen molar-refractivity contribution in [1.82, 2.24) is 14.5 Å². The van der Waals surface area contributed by atoms with Gasteiger partial charge in [-0.1, -0.05) is 24.3 Å². The molecule has 5 rings (SSSR count). The van der Waals surface area contributed by atoms with Crippen LogP contribution in [0.2, 0.25) is 0 Å². The summed E-state index contributed by atoms with van der Waals surface area (Å²) < 4.78 is 28.0. The minimum atomic E-state index is -0.202. The van der Waals surface area contributed by atoms with E-state index in [9.17, 15) is 4.39 Å². The lowest BCUT2D eigenvalue weighted by molar-refractivity contribution is -0.0531. The summed E-state index contributed by atoms with van der Waals surface area (Å²) in [6.45, 7) is 4.24. The smallest absolute Gasteiger partial charge is 0.178 e. The van der Waals surface area contributed by atoms with E-state index < -0.39 is 0 Å². The van der Waals surface area contributed by atoms with Gasteiger partial charge in [0.15, 0.2) is 11.1 Å². The van der Waals surface area contributed by atoms with Gasteiger partial charge in [-0.2, -0.15) is 0 Å². The fraction of sp³-hybridized carbons (Fsp3) is 0.458. The first kappa shape index (κ1) is 20.8. The number of nitrogens with zero attached hydrogens (tertiary/aromatic N) is 2. The minimum absolute atomic E-state index is 0.169. The number of aromatic nitrogens is 2. The van der Waals surface area contributed by atoms with E-state index in [0.717, 1.165) is 54.7 Å². The Morgan fingerprint density at radius 2 is 1.74 bits per heavy atom. The van der Waals surface area contributed by atoms with Crippen molar-refractivity contribution in [3.8, 4) is 0 Å². The molecule has 3 aromatic rings. The number of rotatable bonds is 6. The lowest BCUT2D eigenvalue weighted by atomic mass is 9.93. The Kier molecular flexibility index (Phi) is 6.18. The molecule has 1 aromatic heterocycles. The van der Waals surface area contributed by atoms with Gasteiger partial charge in [0, 0.05) is 38.0 Å². The third-order valence-corrected chi connectivity index (χ3v) is 6.83. The number of likely N-dealkylation sites (tertiary alicyclic amines) is 1. The highest BCUT2D eigenvalue weighted by atomic mass is 32.1. The predicted molar refractivity (Wildman–Crippen MR) is 121 cm³/mol. The largest absolute Gasteiger partial charge is 0.350 e. The molecule has 0 amide bonds. The van der Waals surface area contributed by atoms with Crippen molar-refractivity contribution in [3.05, 3.63) is 64.7 Å². The van der Waals surface area contributed by atoms with E-state index in [2.05, 4.69) is 32.7 Å². The van der Waals surface area contributed by atoms with E-state index in [0.29, 0.717) is 19.3 Å². The number of fused-ring (bicyclic) bond motifs is 1. The Labute approximate surface area is 186 Å². The Bertz CT molecular complexity index is 1070. The second kappa shape index (κ2) is 9.20. The number of hydrogen-bond donors (Lipinski definition) is 1. The first-order valence-corrected chi connectivity index (χ1v) is 11.5. The number of ether oxygens (including phenoxy) is 2. The molecule has 1 N–H and O–H groups in total. The van der Waals surface area contributed by atoms with Crippen LogP contribution in [0, 0.1) is 10.6 Å². The zero-order valence-electron chi connectivity index (χ0n) is 17.5. The van der Waals surface area contributed by atoms with Gasteiger partial charge in [-0.05, 0) is 54.9 Å². The molecule has 0 bridgehead atoms. The second-order valence-electron chi connectivity index (χ2n) is 8.50. The van der Waals surface area contributed by atoms with E-state index in [1.54, 1.807) is 12.1 Å². The van der Waals surface area contributed by atoms with E-state index in [1.807, 2.05) is 18.2 Å². The van der Waals surface area contributed by atoms with Crippen LogP contribution < -0.4 is 0 Å². The van der Waals surface area contributed by atoms with E-state index in [1.165, 1.54) is 5.52 Å². The Morgan fingerprint density at radius 3 is 2.48 bits per heavy atom. The molecule has 7 heteroatoms. The molecule has 2 aromatic carbocycles. The number of piperidine rings is 1. The van der Waals surface area contributed by atoms with Crippen LogP contribution >= 0.6 is 12.2 Å².